The van der Waals surface area contributed by atoms with Gasteiger partial charge in [-0.3, -0.25) is 0 Å². The molecule has 178 valence electrons. The fraction of sp³-hybridized carbons (Fsp3) is 1.00. The summed E-state index contributed by atoms with van der Waals surface area (Å²) in [6.45, 7) is 5.21. The molecule has 0 heterocycles. The summed E-state index contributed by atoms with van der Waals surface area (Å²) in [5.74, 6) is 0. The normalized spacial score (nSPS) is 11.0. The van der Waals surface area contributed by atoms with Crippen molar-refractivity contribution in [3.63, 3.8) is 0 Å². The van der Waals surface area contributed by atoms with E-state index >= 15 is 0 Å². The summed E-state index contributed by atoms with van der Waals surface area (Å²) in [4.78, 5) is 2.30. The SMILES string of the molecule is CCCCCCCCCCCCCCCCCCN(C)C.NCCCCCCN. The highest BCUT2D eigenvalue weighted by Gasteiger charge is 1.95. The second kappa shape index (κ2) is 30.1. The van der Waals surface area contributed by atoms with Crippen molar-refractivity contribution in [2.75, 3.05) is 33.7 Å². The van der Waals surface area contributed by atoms with E-state index < -0.39 is 0 Å². The molecule has 0 atom stereocenters. The Balaban J connectivity index is 0. The molecule has 3 nitrogen and oxygen atoms in total. The quantitative estimate of drug-likeness (QED) is 0.183. The molecule has 0 rings (SSSR count). The van der Waals surface area contributed by atoms with E-state index in [1.807, 2.05) is 0 Å². The molecule has 0 radical (unpaired) electrons. The van der Waals surface area contributed by atoms with Crippen LogP contribution in [0.1, 0.15) is 135 Å². The van der Waals surface area contributed by atoms with Gasteiger partial charge >= 0.3 is 0 Å². The van der Waals surface area contributed by atoms with Crippen molar-refractivity contribution in [3.05, 3.63) is 0 Å². The van der Waals surface area contributed by atoms with E-state index in [4.69, 9.17) is 11.5 Å². The van der Waals surface area contributed by atoms with Gasteiger partial charge in [0.1, 0.15) is 0 Å². The van der Waals surface area contributed by atoms with Crippen LogP contribution in [0, 0.1) is 0 Å². The molecule has 0 aromatic heterocycles. The molecule has 0 aliphatic rings. The molecule has 0 aromatic carbocycles. The Morgan fingerprint density at radius 2 is 0.690 bits per heavy atom. The molecule has 29 heavy (non-hydrogen) atoms. The fourth-order valence-corrected chi connectivity index (χ4v) is 3.62. The second-order valence-corrected chi connectivity index (χ2v) is 9.10. The lowest BCUT2D eigenvalue weighted by Crippen LogP contribution is -2.12. The third-order valence-corrected chi connectivity index (χ3v) is 5.62. The molecule has 0 unspecified atom stereocenters. The van der Waals surface area contributed by atoms with E-state index in [9.17, 15) is 0 Å². The number of nitrogens with two attached hydrogens (primary N) is 2. The fourth-order valence-electron chi connectivity index (χ4n) is 3.62. The predicted molar refractivity (Wildman–Crippen MR) is 135 cm³/mol. The van der Waals surface area contributed by atoms with Crippen molar-refractivity contribution in [2.45, 2.75) is 135 Å². The molecule has 0 spiro atoms. The monoisotopic (exact) mass is 413 g/mol. The van der Waals surface area contributed by atoms with E-state index in [0.29, 0.717) is 0 Å². The number of rotatable bonds is 22. The second-order valence-electron chi connectivity index (χ2n) is 9.10. The van der Waals surface area contributed by atoms with Crippen LogP contribution in [0.25, 0.3) is 0 Å². The minimum absolute atomic E-state index is 0.824. The highest BCUT2D eigenvalue weighted by Crippen LogP contribution is 2.13. The average Bonchev–Trinajstić information content (AvgIpc) is 2.71. The Hall–Kier alpha value is -0.120. The maximum Gasteiger partial charge on any atom is -0.00248 e. The van der Waals surface area contributed by atoms with Crippen LogP contribution in [0.4, 0.5) is 0 Å². The third kappa shape index (κ3) is 35.7. The van der Waals surface area contributed by atoms with Gasteiger partial charge in [0.2, 0.25) is 0 Å². The molecule has 0 aliphatic carbocycles. The van der Waals surface area contributed by atoms with Crippen molar-refractivity contribution in [1.82, 2.24) is 4.90 Å². The van der Waals surface area contributed by atoms with E-state index in [2.05, 4.69) is 25.9 Å². The van der Waals surface area contributed by atoms with Crippen LogP contribution in [0.5, 0.6) is 0 Å². The molecule has 0 fully saturated rings. The summed E-state index contributed by atoms with van der Waals surface area (Å²) >= 11 is 0. The summed E-state index contributed by atoms with van der Waals surface area (Å²) < 4.78 is 0. The predicted octanol–water partition coefficient (Wildman–Crippen LogP) is 7.27. The van der Waals surface area contributed by atoms with Gasteiger partial charge in [0.05, 0.1) is 0 Å². The van der Waals surface area contributed by atoms with Gasteiger partial charge in [0, 0.05) is 0 Å². The van der Waals surface area contributed by atoms with E-state index in [1.54, 1.807) is 0 Å². The lowest BCUT2D eigenvalue weighted by Gasteiger charge is -2.08. The minimum Gasteiger partial charge on any atom is -0.330 e. The first-order valence-electron chi connectivity index (χ1n) is 13.2. The zero-order valence-corrected chi connectivity index (χ0v) is 20.9. The smallest absolute Gasteiger partial charge is 0.00248 e. The maximum atomic E-state index is 5.28. The Morgan fingerprint density at radius 1 is 0.414 bits per heavy atom. The van der Waals surface area contributed by atoms with Crippen molar-refractivity contribution in [3.8, 4) is 0 Å². The largest absolute Gasteiger partial charge is 0.330 e. The topological polar surface area (TPSA) is 55.3 Å². The molecule has 0 saturated heterocycles. The number of hydrogen-bond acceptors (Lipinski definition) is 3. The van der Waals surface area contributed by atoms with Crippen molar-refractivity contribution >= 4 is 0 Å². The first kappa shape index (κ1) is 31.1. The summed E-state index contributed by atoms with van der Waals surface area (Å²) in [5, 5.41) is 0. The molecule has 0 bridgehead atoms. The van der Waals surface area contributed by atoms with Gasteiger partial charge in [-0.05, 0) is 53.0 Å². The van der Waals surface area contributed by atoms with Crippen molar-refractivity contribution < 1.29 is 0 Å². The zero-order valence-electron chi connectivity index (χ0n) is 20.9. The Kier molecular flexibility index (Phi) is 32.2. The van der Waals surface area contributed by atoms with E-state index in [-0.39, 0.29) is 0 Å². The first-order valence-corrected chi connectivity index (χ1v) is 13.2. The molecule has 0 aliphatic heterocycles. The maximum absolute atomic E-state index is 5.28. The van der Waals surface area contributed by atoms with Gasteiger partial charge in [0.25, 0.3) is 0 Å². The molecule has 0 saturated carbocycles. The third-order valence-electron chi connectivity index (χ3n) is 5.62. The first-order chi connectivity index (χ1) is 14.2. The molecular weight excluding hydrogens is 354 g/mol. The van der Waals surface area contributed by atoms with Crippen LogP contribution in [-0.2, 0) is 0 Å². The van der Waals surface area contributed by atoms with Crippen molar-refractivity contribution in [1.29, 1.82) is 0 Å². The van der Waals surface area contributed by atoms with Crippen molar-refractivity contribution in [2.24, 2.45) is 11.5 Å². The highest BCUT2D eigenvalue weighted by molar-refractivity contribution is 4.51. The number of hydrogen-bond donors (Lipinski definition) is 2. The molecular formula is C26H59N3. The van der Waals surface area contributed by atoms with Gasteiger partial charge in [-0.25, -0.2) is 0 Å². The molecule has 0 amide bonds. The van der Waals surface area contributed by atoms with E-state index in [0.717, 1.165) is 25.9 Å². The zero-order chi connectivity index (χ0) is 21.8. The van der Waals surface area contributed by atoms with Gasteiger partial charge in [0.15, 0.2) is 0 Å². The summed E-state index contributed by atoms with van der Waals surface area (Å²) in [6.07, 6.45) is 28.1. The van der Waals surface area contributed by atoms with Gasteiger partial charge in [-0.15, -0.1) is 0 Å². The summed E-state index contributed by atoms with van der Waals surface area (Å²) in [5.41, 5.74) is 10.6. The molecule has 0 aromatic rings. The van der Waals surface area contributed by atoms with Crippen LogP contribution in [0.15, 0.2) is 0 Å². The Morgan fingerprint density at radius 3 is 0.966 bits per heavy atom. The standard InChI is InChI=1S/C20H43N.C6H16N2/c1-4-5-6-7-8-9-10-11-12-13-14-15-16-17-18-19-20-21(2)3;7-5-3-1-2-4-6-8/h4-20H2,1-3H3;1-8H2. The van der Waals surface area contributed by atoms with Gasteiger partial charge < -0.3 is 16.4 Å². The van der Waals surface area contributed by atoms with Crippen LogP contribution >= 0.6 is 0 Å². The summed E-state index contributed by atoms with van der Waals surface area (Å²) in [7, 11) is 4.34. The van der Waals surface area contributed by atoms with Crippen LogP contribution in [-0.4, -0.2) is 38.6 Å². The Labute approximate surface area is 185 Å². The number of nitrogens with zero attached hydrogens (tertiary/aromatic N) is 1. The van der Waals surface area contributed by atoms with Crippen LogP contribution < -0.4 is 11.5 Å². The Bertz CT molecular complexity index is 250. The van der Waals surface area contributed by atoms with Crippen LogP contribution in [0.2, 0.25) is 0 Å². The molecule has 3 heteroatoms. The average molecular weight is 414 g/mol. The van der Waals surface area contributed by atoms with Crippen LogP contribution in [0.3, 0.4) is 0 Å². The highest BCUT2D eigenvalue weighted by atomic mass is 15.0. The number of unbranched alkanes of at least 4 members (excludes halogenated alkanes) is 18. The lowest BCUT2D eigenvalue weighted by molar-refractivity contribution is 0.389. The van der Waals surface area contributed by atoms with Gasteiger partial charge in [-0.2, -0.15) is 0 Å². The summed E-state index contributed by atoms with van der Waals surface area (Å²) in [6, 6.07) is 0. The lowest BCUT2D eigenvalue weighted by atomic mass is 10.0. The van der Waals surface area contributed by atoms with Gasteiger partial charge in [-0.1, -0.05) is 116 Å². The minimum atomic E-state index is 0.824. The van der Waals surface area contributed by atoms with E-state index in [1.165, 1.54) is 122 Å². The molecule has 4 N–H and O–H groups in total.